The van der Waals surface area contributed by atoms with Gasteiger partial charge in [0, 0.05) is 9.35 Å². The summed E-state index contributed by atoms with van der Waals surface area (Å²) in [4.78, 5) is 0.961. The molecule has 4 nitrogen and oxygen atoms in total. The van der Waals surface area contributed by atoms with E-state index in [4.69, 9.17) is 5.84 Å². The maximum Gasteiger partial charge on any atom is 0.155 e. The minimum Gasteiger partial charge on any atom is -0.271 e. The maximum absolute atomic E-state index is 12.1. The van der Waals surface area contributed by atoms with Crippen LogP contribution in [0.1, 0.15) is 30.2 Å². The van der Waals surface area contributed by atoms with Gasteiger partial charge < -0.3 is 0 Å². The maximum atomic E-state index is 12.1. The van der Waals surface area contributed by atoms with E-state index in [0.717, 1.165) is 22.2 Å². The molecule has 3 N–H and O–H groups in total. The van der Waals surface area contributed by atoms with Gasteiger partial charge in [0.1, 0.15) is 0 Å². The molecule has 0 aliphatic carbocycles. The summed E-state index contributed by atoms with van der Waals surface area (Å²) < 4.78 is 25.1. The number of sulfone groups is 1. The van der Waals surface area contributed by atoms with Gasteiger partial charge in [-0.05, 0) is 40.2 Å². The van der Waals surface area contributed by atoms with Crippen LogP contribution in [0.5, 0.6) is 0 Å². The Bertz CT molecular complexity index is 486. The van der Waals surface area contributed by atoms with Crippen LogP contribution < -0.4 is 11.3 Å². The molecule has 1 aromatic rings. The van der Waals surface area contributed by atoms with Crippen molar-refractivity contribution in [3.63, 3.8) is 0 Å². The molecule has 0 spiro atoms. The molecular weight excluding hydrogens is 324 g/mol. The van der Waals surface area contributed by atoms with Crippen molar-refractivity contribution in [1.29, 1.82) is 0 Å². The first-order valence-electron chi connectivity index (χ1n) is 5.47. The van der Waals surface area contributed by atoms with Crippen molar-refractivity contribution in [3.8, 4) is 0 Å². The third-order valence-electron chi connectivity index (χ3n) is 3.11. The second kappa shape index (κ2) is 5.36. The minimum atomic E-state index is -3.03. The largest absolute Gasteiger partial charge is 0.271 e. The Morgan fingerprint density at radius 2 is 2.29 bits per heavy atom. The first-order chi connectivity index (χ1) is 8.06. The molecule has 1 aromatic heterocycles. The summed E-state index contributed by atoms with van der Waals surface area (Å²) in [5, 5.41) is 1.52. The van der Waals surface area contributed by atoms with Crippen LogP contribution >= 0.6 is 27.3 Å². The topological polar surface area (TPSA) is 72.2 Å². The number of nitrogens with two attached hydrogens (primary N) is 1. The van der Waals surface area contributed by atoms with E-state index in [1.807, 2.05) is 11.4 Å². The van der Waals surface area contributed by atoms with Gasteiger partial charge in [-0.25, -0.2) is 8.42 Å². The fourth-order valence-electron chi connectivity index (χ4n) is 2.23. The van der Waals surface area contributed by atoms with Crippen molar-refractivity contribution in [2.45, 2.75) is 30.6 Å². The second-order valence-electron chi connectivity index (χ2n) is 4.18. The van der Waals surface area contributed by atoms with E-state index >= 15 is 0 Å². The quantitative estimate of drug-likeness (QED) is 0.652. The Morgan fingerprint density at radius 3 is 2.82 bits per heavy atom. The van der Waals surface area contributed by atoms with E-state index in [0.29, 0.717) is 6.42 Å². The summed E-state index contributed by atoms with van der Waals surface area (Å²) in [6.07, 6.45) is 2.40. The van der Waals surface area contributed by atoms with Crippen LogP contribution in [-0.2, 0) is 9.84 Å². The fraction of sp³-hybridized carbons (Fsp3) is 0.600. The summed E-state index contributed by atoms with van der Waals surface area (Å²) in [6, 6.07) is 1.61. The zero-order valence-corrected chi connectivity index (χ0v) is 12.4. The molecule has 1 aliphatic rings. The average molecular weight is 339 g/mol. The fourth-order valence-corrected chi connectivity index (χ4v) is 6.13. The molecule has 1 saturated heterocycles. The third-order valence-corrected chi connectivity index (χ3v) is 7.35. The predicted molar refractivity (Wildman–Crippen MR) is 73.5 cm³/mol. The minimum absolute atomic E-state index is 0.277. The average Bonchev–Trinajstić information content (AvgIpc) is 2.68. The van der Waals surface area contributed by atoms with Gasteiger partial charge >= 0.3 is 0 Å². The van der Waals surface area contributed by atoms with E-state index in [1.165, 1.54) is 11.3 Å². The van der Waals surface area contributed by atoms with Crippen LogP contribution in [0, 0.1) is 0 Å². The summed E-state index contributed by atoms with van der Waals surface area (Å²) in [5.74, 6) is 5.83. The van der Waals surface area contributed by atoms with Gasteiger partial charge in [0.05, 0.1) is 17.0 Å². The zero-order valence-electron chi connectivity index (χ0n) is 9.23. The molecule has 1 aliphatic heterocycles. The second-order valence-corrected chi connectivity index (χ2v) is 8.32. The Labute approximate surface area is 114 Å². The van der Waals surface area contributed by atoms with Gasteiger partial charge in [-0.3, -0.25) is 11.3 Å². The van der Waals surface area contributed by atoms with Crippen molar-refractivity contribution in [1.82, 2.24) is 5.43 Å². The third kappa shape index (κ3) is 2.73. The summed E-state index contributed by atoms with van der Waals surface area (Å²) >= 11 is 4.95. The van der Waals surface area contributed by atoms with Crippen LogP contribution in [0.25, 0.3) is 0 Å². The van der Waals surface area contributed by atoms with Crippen molar-refractivity contribution < 1.29 is 8.42 Å². The molecule has 0 amide bonds. The molecule has 0 radical (unpaired) electrons. The molecular formula is C10H15BrN2O2S2. The number of thiophene rings is 1. The SMILES string of the molecule is NNC(c1sccc1Br)C1CCCCS1(=O)=O. The summed E-state index contributed by atoms with van der Waals surface area (Å²) in [5.41, 5.74) is 2.67. The zero-order chi connectivity index (χ0) is 12.5. The van der Waals surface area contributed by atoms with Crippen molar-refractivity contribution >= 4 is 37.1 Å². The molecule has 0 saturated carbocycles. The molecule has 2 rings (SSSR count). The number of hydrazine groups is 1. The van der Waals surface area contributed by atoms with Gasteiger partial charge in [-0.15, -0.1) is 11.3 Å². The lowest BCUT2D eigenvalue weighted by Crippen LogP contribution is -2.43. The van der Waals surface area contributed by atoms with Gasteiger partial charge in [-0.2, -0.15) is 0 Å². The van der Waals surface area contributed by atoms with Crippen LogP contribution in [0.15, 0.2) is 15.9 Å². The summed E-state index contributed by atoms with van der Waals surface area (Å²) in [7, 11) is -3.03. The number of hydrogen-bond acceptors (Lipinski definition) is 5. The van der Waals surface area contributed by atoms with Gasteiger partial charge in [0.25, 0.3) is 0 Å². The van der Waals surface area contributed by atoms with Crippen LogP contribution in [0.2, 0.25) is 0 Å². The van der Waals surface area contributed by atoms with E-state index in [2.05, 4.69) is 21.4 Å². The molecule has 1 fully saturated rings. The van der Waals surface area contributed by atoms with E-state index in [1.54, 1.807) is 0 Å². The number of rotatable bonds is 3. The standard InChI is InChI=1S/C10H15BrN2O2S2/c11-7-4-5-16-10(7)9(13-12)8-3-1-2-6-17(8,14)15/h4-5,8-9,13H,1-3,6,12H2. The lowest BCUT2D eigenvalue weighted by Gasteiger charge is -2.29. The van der Waals surface area contributed by atoms with Crippen LogP contribution in [0.4, 0.5) is 0 Å². The predicted octanol–water partition coefficient (Wildman–Crippen LogP) is 1.98. The number of halogens is 1. The van der Waals surface area contributed by atoms with E-state index < -0.39 is 15.1 Å². The molecule has 17 heavy (non-hydrogen) atoms. The van der Waals surface area contributed by atoms with Gasteiger partial charge in [-0.1, -0.05) is 6.42 Å². The molecule has 0 bridgehead atoms. The monoisotopic (exact) mass is 338 g/mol. The van der Waals surface area contributed by atoms with Crippen molar-refractivity contribution in [2.24, 2.45) is 5.84 Å². The van der Waals surface area contributed by atoms with E-state index in [9.17, 15) is 8.42 Å². The highest BCUT2D eigenvalue weighted by molar-refractivity contribution is 9.10. The molecule has 96 valence electrons. The van der Waals surface area contributed by atoms with Gasteiger partial charge in [0.2, 0.25) is 0 Å². The molecule has 7 heteroatoms. The normalized spacial score (nSPS) is 25.6. The Hall–Kier alpha value is 0.0500. The lowest BCUT2D eigenvalue weighted by atomic mass is 10.1. The molecule has 2 atom stereocenters. The Morgan fingerprint density at radius 1 is 1.53 bits per heavy atom. The number of nitrogens with one attached hydrogen (secondary N) is 1. The molecule has 2 unspecified atom stereocenters. The van der Waals surface area contributed by atoms with Crippen molar-refractivity contribution in [3.05, 3.63) is 20.8 Å². The highest BCUT2D eigenvalue weighted by Crippen LogP contribution is 2.36. The smallest absolute Gasteiger partial charge is 0.155 e. The summed E-state index contributed by atoms with van der Waals surface area (Å²) in [6.45, 7) is 0. The van der Waals surface area contributed by atoms with Crippen LogP contribution in [-0.4, -0.2) is 19.4 Å². The number of hydrogen-bond donors (Lipinski definition) is 2. The first-order valence-corrected chi connectivity index (χ1v) is 8.85. The van der Waals surface area contributed by atoms with Crippen molar-refractivity contribution in [2.75, 3.05) is 5.75 Å². The Balaban J connectivity index is 2.33. The first kappa shape index (κ1) is 13.5. The van der Waals surface area contributed by atoms with Gasteiger partial charge in [0.15, 0.2) is 9.84 Å². The molecule has 2 heterocycles. The highest BCUT2D eigenvalue weighted by atomic mass is 79.9. The highest BCUT2D eigenvalue weighted by Gasteiger charge is 2.37. The van der Waals surface area contributed by atoms with Crippen LogP contribution in [0.3, 0.4) is 0 Å². The molecule has 0 aromatic carbocycles. The van der Waals surface area contributed by atoms with E-state index in [-0.39, 0.29) is 11.8 Å². The Kier molecular flexibility index (Phi) is 4.25. The lowest BCUT2D eigenvalue weighted by molar-refractivity contribution is 0.457.